The molecule has 3 amide bonds. The highest BCUT2D eigenvalue weighted by Crippen LogP contribution is 2.29. The van der Waals surface area contributed by atoms with E-state index >= 15 is 0 Å². The molecule has 43 heavy (non-hydrogen) atoms. The normalized spacial score (nSPS) is 17.8. The smallest absolute Gasteiger partial charge is 0.251 e. The van der Waals surface area contributed by atoms with Crippen LogP contribution in [0.2, 0.25) is 0 Å². The molecule has 9 heteroatoms. The van der Waals surface area contributed by atoms with Crippen LogP contribution < -0.4 is 25.8 Å². The number of aliphatic hydroxyl groups excluding tert-OH is 1. The number of aliphatic hydroxyl groups is 1. The van der Waals surface area contributed by atoms with Gasteiger partial charge in [-0.25, -0.2) is 0 Å². The maximum atomic E-state index is 13.8. The van der Waals surface area contributed by atoms with Gasteiger partial charge >= 0.3 is 0 Å². The molecule has 1 saturated carbocycles. The molecule has 0 aromatic heterocycles. The van der Waals surface area contributed by atoms with Crippen molar-refractivity contribution in [2.24, 2.45) is 0 Å². The molecule has 1 unspecified atom stereocenters. The lowest BCUT2D eigenvalue weighted by atomic mass is 9.95. The van der Waals surface area contributed by atoms with Gasteiger partial charge in [0.15, 0.2) is 0 Å². The van der Waals surface area contributed by atoms with Crippen molar-refractivity contribution in [1.29, 1.82) is 0 Å². The van der Waals surface area contributed by atoms with Gasteiger partial charge in [-0.2, -0.15) is 0 Å². The lowest BCUT2D eigenvalue weighted by Gasteiger charge is -2.28. The van der Waals surface area contributed by atoms with E-state index in [9.17, 15) is 19.5 Å². The number of carbonyl (C=O) groups excluding carboxylic acids is 3. The molecule has 4 rings (SSSR count). The number of benzene rings is 2. The van der Waals surface area contributed by atoms with Gasteiger partial charge in [0.05, 0.1) is 18.2 Å². The van der Waals surface area contributed by atoms with Gasteiger partial charge in [-0.05, 0) is 70.2 Å². The van der Waals surface area contributed by atoms with Crippen LogP contribution in [0.5, 0.6) is 0 Å². The number of amides is 3. The number of rotatable bonds is 14. The molecule has 1 saturated heterocycles. The molecule has 1 heterocycles. The molecule has 0 bridgehead atoms. The van der Waals surface area contributed by atoms with Gasteiger partial charge in [0, 0.05) is 55.6 Å². The second-order valence-electron chi connectivity index (χ2n) is 11.9. The predicted molar refractivity (Wildman–Crippen MR) is 171 cm³/mol. The summed E-state index contributed by atoms with van der Waals surface area (Å²) in [6, 6.07) is 14.5. The SMILES string of the molecule is CCN(CC)c1cc(C(=O)N[C@@H](Cc2ccccc2)[C@H](O)CNC(C)C(=O)NC2CCCCC2)cc(N2CCCC2=O)c1. The highest BCUT2D eigenvalue weighted by molar-refractivity contribution is 6.00. The number of hydrogen-bond acceptors (Lipinski definition) is 6. The fraction of sp³-hybridized carbons (Fsp3) is 0.559. The van der Waals surface area contributed by atoms with E-state index in [1.807, 2.05) is 42.5 Å². The second kappa shape index (κ2) is 15.9. The number of carbonyl (C=O) groups is 3. The lowest BCUT2D eigenvalue weighted by Crippen LogP contribution is -2.53. The third-order valence-electron chi connectivity index (χ3n) is 8.74. The van der Waals surface area contributed by atoms with Crippen LogP contribution in [0.25, 0.3) is 0 Å². The lowest BCUT2D eigenvalue weighted by molar-refractivity contribution is -0.123. The fourth-order valence-corrected chi connectivity index (χ4v) is 6.08. The van der Waals surface area contributed by atoms with E-state index in [0.717, 1.165) is 62.1 Å². The number of nitrogens with zero attached hydrogens (tertiary/aromatic N) is 2. The van der Waals surface area contributed by atoms with E-state index in [1.54, 1.807) is 17.9 Å². The van der Waals surface area contributed by atoms with Crippen molar-refractivity contribution in [3.8, 4) is 0 Å². The monoisotopic (exact) mass is 591 g/mol. The Kier molecular flexibility index (Phi) is 12.0. The molecule has 0 spiro atoms. The van der Waals surface area contributed by atoms with Crippen LogP contribution in [0.15, 0.2) is 48.5 Å². The molecule has 2 aromatic carbocycles. The summed E-state index contributed by atoms with van der Waals surface area (Å²) >= 11 is 0. The summed E-state index contributed by atoms with van der Waals surface area (Å²) in [4.78, 5) is 43.1. The van der Waals surface area contributed by atoms with Crippen LogP contribution in [0.3, 0.4) is 0 Å². The largest absolute Gasteiger partial charge is 0.390 e. The molecular formula is C34H49N5O4. The van der Waals surface area contributed by atoms with E-state index in [0.29, 0.717) is 24.9 Å². The molecule has 2 fully saturated rings. The summed E-state index contributed by atoms with van der Waals surface area (Å²) in [6.07, 6.45) is 6.30. The van der Waals surface area contributed by atoms with Crippen molar-refractivity contribution in [2.75, 3.05) is 36.0 Å². The first-order valence-electron chi connectivity index (χ1n) is 16.1. The molecule has 234 valence electrons. The van der Waals surface area contributed by atoms with Crippen LogP contribution >= 0.6 is 0 Å². The Balaban J connectivity index is 1.49. The first kappa shape index (κ1) is 32.5. The average Bonchev–Trinajstić information content (AvgIpc) is 3.46. The highest BCUT2D eigenvalue weighted by atomic mass is 16.3. The van der Waals surface area contributed by atoms with E-state index in [1.165, 1.54) is 6.42 Å². The van der Waals surface area contributed by atoms with E-state index in [4.69, 9.17) is 0 Å². The van der Waals surface area contributed by atoms with Gasteiger partial charge in [-0.1, -0.05) is 49.6 Å². The zero-order valence-electron chi connectivity index (χ0n) is 26.0. The van der Waals surface area contributed by atoms with Crippen LogP contribution in [-0.2, 0) is 16.0 Å². The Morgan fingerprint density at radius 1 is 1.02 bits per heavy atom. The maximum Gasteiger partial charge on any atom is 0.251 e. The minimum absolute atomic E-state index is 0.0631. The summed E-state index contributed by atoms with van der Waals surface area (Å²) in [7, 11) is 0. The first-order chi connectivity index (χ1) is 20.8. The Hall–Kier alpha value is -3.43. The summed E-state index contributed by atoms with van der Waals surface area (Å²) in [5.41, 5.74) is 3.02. The topological polar surface area (TPSA) is 114 Å². The standard InChI is InChI=1S/C34H49N5O4/c1-4-38(5-2)28-20-26(21-29(22-28)39-18-12-17-32(39)41)34(43)37-30(19-25-13-8-6-9-14-25)31(40)23-35-24(3)33(42)36-27-15-10-7-11-16-27/h6,8-9,13-14,20-22,24,27,30-31,35,40H,4-5,7,10-12,15-19,23H2,1-3H3,(H,36,42)(H,37,43)/t24?,30-,31+/m0/s1. The minimum Gasteiger partial charge on any atom is -0.390 e. The van der Waals surface area contributed by atoms with Gasteiger partial charge in [0.2, 0.25) is 11.8 Å². The van der Waals surface area contributed by atoms with Crippen molar-refractivity contribution in [3.63, 3.8) is 0 Å². The Labute approximate surface area is 256 Å². The second-order valence-corrected chi connectivity index (χ2v) is 11.9. The zero-order valence-corrected chi connectivity index (χ0v) is 26.0. The van der Waals surface area contributed by atoms with E-state index < -0.39 is 18.2 Å². The van der Waals surface area contributed by atoms with Crippen LogP contribution in [0.1, 0.15) is 81.6 Å². The third-order valence-corrected chi connectivity index (χ3v) is 8.74. The summed E-state index contributed by atoms with van der Waals surface area (Å²) in [5.74, 6) is -0.321. The van der Waals surface area contributed by atoms with E-state index in [-0.39, 0.29) is 30.3 Å². The molecule has 9 nitrogen and oxygen atoms in total. The van der Waals surface area contributed by atoms with Crippen molar-refractivity contribution >= 4 is 29.1 Å². The van der Waals surface area contributed by atoms with Gasteiger partial charge in [0.1, 0.15) is 0 Å². The summed E-state index contributed by atoms with van der Waals surface area (Å²) in [6.45, 7) is 8.23. The first-order valence-corrected chi connectivity index (χ1v) is 16.1. The summed E-state index contributed by atoms with van der Waals surface area (Å²) < 4.78 is 0. The molecule has 1 aliphatic carbocycles. The molecule has 2 aromatic rings. The predicted octanol–water partition coefficient (Wildman–Crippen LogP) is 3.79. The average molecular weight is 592 g/mol. The molecular weight excluding hydrogens is 542 g/mol. The van der Waals surface area contributed by atoms with Crippen LogP contribution in [-0.4, -0.2) is 73.2 Å². The quantitative estimate of drug-likeness (QED) is 0.266. The summed E-state index contributed by atoms with van der Waals surface area (Å²) in [5, 5.41) is 20.7. The van der Waals surface area contributed by atoms with Crippen molar-refractivity contribution < 1.29 is 19.5 Å². The fourth-order valence-electron chi connectivity index (χ4n) is 6.08. The van der Waals surface area contributed by atoms with Crippen LogP contribution in [0.4, 0.5) is 11.4 Å². The van der Waals surface area contributed by atoms with Gasteiger partial charge in [0.25, 0.3) is 5.91 Å². The molecule has 1 aliphatic heterocycles. The molecule has 2 aliphatic rings. The maximum absolute atomic E-state index is 13.8. The number of hydrogen-bond donors (Lipinski definition) is 4. The van der Waals surface area contributed by atoms with Crippen molar-refractivity contribution in [2.45, 2.75) is 96.4 Å². The van der Waals surface area contributed by atoms with Crippen molar-refractivity contribution in [1.82, 2.24) is 16.0 Å². The van der Waals surface area contributed by atoms with Gasteiger partial charge in [-0.15, -0.1) is 0 Å². The minimum atomic E-state index is -0.945. The van der Waals surface area contributed by atoms with Gasteiger partial charge < -0.3 is 30.9 Å². The Morgan fingerprint density at radius 3 is 2.40 bits per heavy atom. The number of nitrogens with one attached hydrogen (secondary N) is 3. The third kappa shape index (κ3) is 9.03. The zero-order chi connectivity index (χ0) is 30.8. The molecule has 4 N–H and O–H groups in total. The van der Waals surface area contributed by atoms with E-state index in [2.05, 4.69) is 34.7 Å². The van der Waals surface area contributed by atoms with Gasteiger partial charge in [-0.3, -0.25) is 14.4 Å². The van der Waals surface area contributed by atoms with Crippen molar-refractivity contribution in [3.05, 3.63) is 59.7 Å². The Bertz CT molecular complexity index is 1210. The number of anilines is 2. The highest BCUT2D eigenvalue weighted by Gasteiger charge is 2.27. The Morgan fingerprint density at radius 2 is 1.74 bits per heavy atom. The van der Waals surface area contributed by atoms with Crippen LogP contribution in [0, 0.1) is 0 Å². The molecule has 3 atom stereocenters. The molecule has 0 radical (unpaired) electrons.